The molecular formula is C12H20N2O. The normalized spacial score (nSPS) is 12.6. The Morgan fingerprint density at radius 1 is 1.27 bits per heavy atom. The smallest absolute Gasteiger partial charge is 0.143 e. The summed E-state index contributed by atoms with van der Waals surface area (Å²) in [5, 5.41) is 3.41. The molecule has 1 aromatic rings. The molecule has 0 radical (unpaired) electrons. The Kier molecular flexibility index (Phi) is 3.83. The molecule has 15 heavy (non-hydrogen) atoms. The third kappa shape index (κ3) is 3.05. The first-order valence-corrected chi connectivity index (χ1v) is 5.24. The summed E-state index contributed by atoms with van der Waals surface area (Å²) in [6.07, 6.45) is 0. The van der Waals surface area contributed by atoms with Gasteiger partial charge in [-0.15, -0.1) is 0 Å². The number of rotatable bonds is 4. The van der Waals surface area contributed by atoms with E-state index in [0.29, 0.717) is 17.6 Å². The fourth-order valence-electron chi connectivity index (χ4n) is 1.23. The lowest BCUT2D eigenvalue weighted by molar-refractivity contribution is 0.417. The predicted octanol–water partition coefficient (Wildman–Crippen LogP) is 2.73. The summed E-state index contributed by atoms with van der Waals surface area (Å²) in [6, 6.07) is 6.18. The lowest BCUT2D eigenvalue weighted by Gasteiger charge is -2.19. The van der Waals surface area contributed by atoms with Gasteiger partial charge < -0.3 is 15.8 Å². The maximum Gasteiger partial charge on any atom is 0.143 e. The van der Waals surface area contributed by atoms with Gasteiger partial charge in [0.05, 0.1) is 12.8 Å². The highest BCUT2D eigenvalue weighted by molar-refractivity contribution is 5.61. The highest BCUT2D eigenvalue weighted by atomic mass is 16.5. The van der Waals surface area contributed by atoms with E-state index in [-0.39, 0.29) is 0 Å². The fourth-order valence-corrected chi connectivity index (χ4v) is 1.23. The van der Waals surface area contributed by atoms with E-state index in [1.165, 1.54) is 0 Å². The first kappa shape index (κ1) is 11.7. The molecular weight excluding hydrogens is 188 g/mol. The molecule has 0 amide bonds. The van der Waals surface area contributed by atoms with Crippen molar-refractivity contribution < 1.29 is 4.74 Å². The highest BCUT2D eigenvalue weighted by Gasteiger charge is 2.07. The quantitative estimate of drug-likeness (QED) is 0.748. The van der Waals surface area contributed by atoms with Crippen LogP contribution in [0.2, 0.25) is 0 Å². The summed E-state index contributed by atoms with van der Waals surface area (Å²) < 4.78 is 5.16. The third-order valence-electron chi connectivity index (χ3n) is 2.63. The van der Waals surface area contributed by atoms with Crippen molar-refractivity contribution in [3.8, 4) is 5.75 Å². The van der Waals surface area contributed by atoms with Crippen molar-refractivity contribution in [1.29, 1.82) is 0 Å². The Bertz CT molecular complexity index is 323. The van der Waals surface area contributed by atoms with Crippen LogP contribution in [0.25, 0.3) is 0 Å². The van der Waals surface area contributed by atoms with Crippen molar-refractivity contribution >= 4 is 11.4 Å². The van der Waals surface area contributed by atoms with Crippen LogP contribution < -0.4 is 15.8 Å². The first-order valence-electron chi connectivity index (χ1n) is 5.24. The van der Waals surface area contributed by atoms with Crippen molar-refractivity contribution in [2.75, 3.05) is 18.2 Å². The molecule has 0 aliphatic rings. The van der Waals surface area contributed by atoms with Crippen LogP contribution in [-0.4, -0.2) is 13.2 Å². The van der Waals surface area contributed by atoms with Gasteiger partial charge in [0, 0.05) is 17.8 Å². The SMILES string of the molecule is COc1cc(NC(C)C(C)C)ccc1N. The van der Waals surface area contributed by atoms with Crippen molar-refractivity contribution in [3.05, 3.63) is 18.2 Å². The molecule has 0 saturated carbocycles. The van der Waals surface area contributed by atoms with Crippen LogP contribution in [0.4, 0.5) is 11.4 Å². The maximum absolute atomic E-state index is 5.74. The number of nitrogen functional groups attached to an aromatic ring is 1. The van der Waals surface area contributed by atoms with E-state index in [0.717, 1.165) is 11.4 Å². The summed E-state index contributed by atoms with van der Waals surface area (Å²) in [5.41, 5.74) is 7.45. The molecule has 1 unspecified atom stereocenters. The number of benzene rings is 1. The first-order chi connectivity index (χ1) is 7.04. The van der Waals surface area contributed by atoms with Gasteiger partial charge >= 0.3 is 0 Å². The average molecular weight is 208 g/mol. The molecule has 3 nitrogen and oxygen atoms in total. The summed E-state index contributed by atoms with van der Waals surface area (Å²) in [6.45, 7) is 6.53. The zero-order chi connectivity index (χ0) is 11.4. The maximum atomic E-state index is 5.74. The Morgan fingerprint density at radius 2 is 1.93 bits per heavy atom. The standard InChI is InChI=1S/C12H20N2O/c1-8(2)9(3)14-10-5-6-11(13)12(7-10)15-4/h5-9,14H,13H2,1-4H3. The Hall–Kier alpha value is -1.38. The summed E-state index contributed by atoms with van der Waals surface area (Å²) in [7, 11) is 1.63. The van der Waals surface area contributed by atoms with E-state index >= 15 is 0 Å². The lowest BCUT2D eigenvalue weighted by Crippen LogP contribution is -2.21. The van der Waals surface area contributed by atoms with E-state index in [2.05, 4.69) is 26.1 Å². The van der Waals surface area contributed by atoms with Gasteiger partial charge in [-0.1, -0.05) is 13.8 Å². The van der Waals surface area contributed by atoms with Crippen LogP contribution in [0.1, 0.15) is 20.8 Å². The van der Waals surface area contributed by atoms with E-state index in [1.54, 1.807) is 7.11 Å². The Morgan fingerprint density at radius 3 is 2.47 bits per heavy atom. The van der Waals surface area contributed by atoms with Gasteiger partial charge in [0.25, 0.3) is 0 Å². The number of hydrogen-bond acceptors (Lipinski definition) is 3. The second-order valence-corrected chi connectivity index (χ2v) is 4.13. The summed E-state index contributed by atoms with van der Waals surface area (Å²) >= 11 is 0. The number of ether oxygens (including phenoxy) is 1. The van der Waals surface area contributed by atoms with Crippen LogP contribution in [0.3, 0.4) is 0 Å². The van der Waals surface area contributed by atoms with Crippen molar-refractivity contribution in [2.45, 2.75) is 26.8 Å². The number of hydrogen-bond donors (Lipinski definition) is 2. The molecule has 0 aromatic heterocycles. The average Bonchev–Trinajstić information content (AvgIpc) is 2.20. The molecule has 0 heterocycles. The van der Waals surface area contributed by atoms with E-state index in [9.17, 15) is 0 Å². The van der Waals surface area contributed by atoms with E-state index in [4.69, 9.17) is 10.5 Å². The molecule has 3 heteroatoms. The van der Waals surface area contributed by atoms with Gasteiger partial charge in [-0.3, -0.25) is 0 Å². The molecule has 0 bridgehead atoms. The van der Waals surface area contributed by atoms with Gasteiger partial charge in [0.1, 0.15) is 5.75 Å². The second-order valence-electron chi connectivity index (χ2n) is 4.13. The highest BCUT2D eigenvalue weighted by Crippen LogP contribution is 2.25. The molecule has 0 spiro atoms. The number of anilines is 2. The Labute approximate surface area is 91.6 Å². The largest absolute Gasteiger partial charge is 0.495 e. The van der Waals surface area contributed by atoms with Crippen LogP contribution in [0, 0.1) is 5.92 Å². The van der Waals surface area contributed by atoms with E-state index in [1.807, 2.05) is 18.2 Å². The molecule has 1 rings (SSSR count). The van der Waals surface area contributed by atoms with Crippen LogP contribution in [0.5, 0.6) is 5.75 Å². The zero-order valence-electron chi connectivity index (χ0n) is 9.87. The second kappa shape index (κ2) is 4.91. The molecule has 0 aliphatic carbocycles. The summed E-state index contributed by atoms with van der Waals surface area (Å²) in [5.74, 6) is 1.31. The van der Waals surface area contributed by atoms with Gasteiger partial charge in [-0.2, -0.15) is 0 Å². The molecule has 84 valence electrons. The number of methoxy groups -OCH3 is 1. The van der Waals surface area contributed by atoms with Crippen molar-refractivity contribution in [1.82, 2.24) is 0 Å². The minimum absolute atomic E-state index is 0.429. The van der Waals surface area contributed by atoms with Crippen LogP contribution >= 0.6 is 0 Å². The van der Waals surface area contributed by atoms with Gasteiger partial charge in [0.2, 0.25) is 0 Å². The molecule has 0 saturated heterocycles. The third-order valence-corrected chi connectivity index (χ3v) is 2.63. The van der Waals surface area contributed by atoms with Crippen LogP contribution in [-0.2, 0) is 0 Å². The topological polar surface area (TPSA) is 47.3 Å². The number of nitrogens with one attached hydrogen (secondary N) is 1. The fraction of sp³-hybridized carbons (Fsp3) is 0.500. The van der Waals surface area contributed by atoms with E-state index < -0.39 is 0 Å². The molecule has 0 aliphatic heterocycles. The summed E-state index contributed by atoms with van der Waals surface area (Å²) in [4.78, 5) is 0. The zero-order valence-corrected chi connectivity index (χ0v) is 9.87. The van der Waals surface area contributed by atoms with Crippen LogP contribution in [0.15, 0.2) is 18.2 Å². The molecule has 1 aromatic carbocycles. The molecule has 3 N–H and O–H groups in total. The Balaban J connectivity index is 2.78. The van der Waals surface area contributed by atoms with Crippen molar-refractivity contribution in [3.63, 3.8) is 0 Å². The molecule has 1 atom stereocenters. The van der Waals surface area contributed by atoms with Gasteiger partial charge in [0.15, 0.2) is 0 Å². The minimum atomic E-state index is 0.429. The lowest BCUT2D eigenvalue weighted by atomic mass is 10.1. The van der Waals surface area contributed by atoms with Gasteiger partial charge in [-0.05, 0) is 25.0 Å². The van der Waals surface area contributed by atoms with Gasteiger partial charge in [-0.25, -0.2) is 0 Å². The number of nitrogens with two attached hydrogens (primary N) is 1. The monoisotopic (exact) mass is 208 g/mol. The predicted molar refractivity (Wildman–Crippen MR) is 65.3 cm³/mol. The minimum Gasteiger partial charge on any atom is -0.495 e. The molecule has 0 fully saturated rings. The van der Waals surface area contributed by atoms with Crippen molar-refractivity contribution in [2.24, 2.45) is 5.92 Å².